The summed E-state index contributed by atoms with van der Waals surface area (Å²) in [6, 6.07) is 8.13. The van der Waals surface area contributed by atoms with Crippen LogP contribution < -0.4 is 9.64 Å². The van der Waals surface area contributed by atoms with E-state index in [9.17, 15) is 4.79 Å². The van der Waals surface area contributed by atoms with Gasteiger partial charge in [0.2, 0.25) is 0 Å². The highest BCUT2D eigenvalue weighted by molar-refractivity contribution is 5.69. The van der Waals surface area contributed by atoms with Crippen LogP contribution in [0.3, 0.4) is 0 Å². The maximum Gasteiger partial charge on any atom is 0.410 e. The zero-order chi connectivity index (χ0) is 16.6. The Balaban J connectivity index is 1.62. The molecular formula is C18H26N2O3. The summed E-state index contributed by atoms with van der Waals surface area (Å²) in [6.45, 7) is 9.22. The van der Waals surface area contributed by atoms with Crippen LogP contribution in [0.4, 0.5) is 10.5 Å². The van der Waals surface area contributed by atoms with Crippen LogP contribution in [-0.2, 0) is 4.74 Å². The average Bonchev–Trinajstić information content (AvgIpc) is 3.03. The molecule has 5 nitrogen and oxygen atoms in total. The van der Waals surface area contributed by atoms with E-state index in [1.807, 2.05) is 43.9 Å². The lowest BCUT2D eigenvalue weighted by molar-refractivity contribution is 0.0282. The molecule has 3 rings (SSSR count). The summed E-state index contributed by atoms with van der Waals surface area (Å²) < 4.78 is 11.0. The SMILES string of the molecule is COc1ccccc1N1CC2CN(C(=O)OC(C)(C)C)CC2C1. The largest absolute Gasteiger partial charge is 0.495 e. The van der Waals surface area contributed by atoms with Crippen LogP contribution >= 0.6 is 0 Å². The molecule has 2 aliphatic heterocycles. The van der Waals surface area contributed by atoms with E-state index < -0.39 is 5.60 Å². The molecule has 0 bridgehead atoms. The minimum absolute atomic E-state index is 0.184. The van der Waals surface area contributed by atoms with Gasteiger partial charge < -0.3 is 19.3 Å². The van der Waals surface area contributed by atoms with Gasteiger partial charge in [0.05, 0.1) is 12.8 Å². The van der Waals surface area contributed by atoms with Gasteiger partial charge in [-0.25, -0.2) is 4.79 Å². The van der Waals surface area contributed by atoms with Crippen LogP contribution in [0.2, 0.25) is 0 Å². The molecule has 126 valence electrons. The predicted octanol–water partition coefficient (Wildman–Crippen LogP) is 3.00. The van der Waals surface area contributed by atoms with E-state index in [1.165, 1.54) is 0 Å². The Morgan fingerprint density at radius 2 is 1.70 bits per heavy atom. The Morgan fingerprint density at radius 3 is 2.26 bits per heavy atom. The Labute approximate surface area is 138 Å². The first kappa shape index (κ1) is 16.0. The number of methoxy groups -OCH3 is 1. The van der Waals surface area contributed by atoms with Crippen molar-refractivity contribution in [3.05, 3.63) is 24.3 Å². The summed E-state index contributed by atoms with van der Waals surface area (Å²) in [5, 5.41) is 0. The number of likely N-dealkylation sites (tertiary alicyclic amines) is 1. The van der Waals surface area contributed by atoms with Gasteiger partial charge in [-0.3, -0.25) is 0 Å². The average molecular weight is 318 g/mol. The van der Waals surface area contributed by atoms with Gasteiger partial charge >= 0.3 is 6.09 Å². The summed E-state index contributed by atoms with van der Waals surface area (Å²) in [4.78, 5) is 16.5. The molecular weight excluding hydrogens is 292 g/mol. The molecule has 2 fully saturated rings. The first-order valence-electron chi connectivity index (χ1n) is 8.23. The number of nitrogens with zero attached hydrogens (tertiary/aromatic N) is 2. The summed E-state index contributed by atoms with van der Waals surface area (Å²) >= 11 is 0. The van der Waals surface area contributed by atoms with Crippen molar-refractivity contribution in [3.63, 3.8) is 0 Å². The molecule has 2 saturated heterocycles. The second-order valence-electron chi connectivity index (χ2n) is 7.48. The Bertz CT molecular complexity index is 568. The highest BCUT2D eigenvalue weighted by atomic mass is 16.6. The molecule has 0 aliphatic carbocycles. The Hall–Kier alpha value is -1.91. The molecule has 2 aliphatic rings. The molecule has 23 heavy (non-hydrogen) atoms. The van der Waals surface area contributed by atoms with Gasteiger partial charge in [0.1, 0.15) is 11.4 Å². The Morgan fingerprint density at radius 1 is 1.09 bits per heavy atom. The molecule has 2 atom stereocenters. The lowest BCUT2D eigenvalue weighted by Gasteiger charge is -2.27. The van der Waals surface area contributed by atoms with Gasteiger partial charge in [0.25, 0.3) is 0 Å². The van der Waals surface area contributed by atoms with Crippen LogP contribution in [0.15, 0.2) is 24.3 Å². The second kappa shape index (κ2) is 5.95. The number of hydrogen-bond acceptors (Lipinski definition) is 4. The van der Waals surface area contributed by atoms with E-state index >= 15 is 0 Å². The highest BCUT2D eigenvalue weighted by Crippen LogP contribution is 2.37. The summed E-state index contributed by atoms with van der Waals surface area (Å²) in [7, 11) is 1.71. The van der Waals surface area contributed by atoms with E-state index in [4.69, 9.17) is 9.47 Å². The van der Waals surface area contributed by atoms with E-state index in [2.05, 4.69) is 11.0 Å². The molecule has 0 radical (unpaired) electrons. The number of para-hydroxylation sites is 2. The maximum absolute atomic E-state index is 12.2. The molecule has 0 aromatic heterocycles. The van der Waals surface area contributed by atoms with Crippen LogP contribution in [0, 0.1) is 11.8 Å². The van der Waals surface area contributed by atoms with Crippen molar-refractivity contribution in [2.24, 2.45) is 11.8 Å². The van der Waals surface area contributed by atoms with Gasteiger partial charge in [0, 0.05) is 38.0 Å². The number of carbonyl (C=O) groups excluding carboxylic acids is 1. The number of ether oxygens (including phenoxy) is 2. The third-order valence-corrected chi connectivity index (χ3v) is 4.56. The van der Waals surface area contributed by atoms with E-state index in [-0.39, 0.29) is 6.09 Å². The quantitative estimate of drug-likeness (QED) is 0.841. The predicted molar refractivity (Wildman–Crippen MR) is 90.0 cm³/mol. The van der Waals surface area contributed by atoms with Gasteiger partial charge in [-0.2, -0.15) is 0 Å². The normalized spacial score (nSPS) is 23.8. The standard InChI is InChI=1S/C18H26N2O3/c1-18(2,3)23-17(21)20-11-13-9-19(10-14(13)12-20)15-7-5-6-8-16(15)22-4/h5-8,13-14H,9-12H2,1-4H3. The fraction of sp³-hybridized carbons (Fsp3) is 0.611. The third-order valence-electron chi connectivity index (χ3n) is 4.56. The zero-order valence-corrected chi connectivity index (χ0v) is 14.4. The van der Waals surface area contributed by atoms with Crippen LogP contribution in [0.1, 0.15) is 20.8 Å². The van der Waals surface area contributed by atoms with Crippen LogP contribution in [-0.4, -0.2) is 49.9 Å². The first-order chi connectivity index (χ1) is 10.9. The van der Waals surface area contributed by atoms with Crippen molar-refractivity contribution in [2.75, 3.05) is 38.2 Å². The molecule has 1 aromatic carbocycles. The van der Waals surface area contributed by atoms with Crippen LogP contribution in [0.5, 0.6) is 5.75 Å². The number of fused-ring (bicyclic) bond motifs is 1. The maximum atomic E-state index is 12.2. The van der Waals surface area contributed by atoms with Crippen molar-refractivity contribution in [2.45, 2.75) is 26.4 Å². The fourth-order valence-corrected chi connectivity index (χ4v) is 3.56. The van der Waals surface area contributed by atoms with Crippen molar-refractivity contribution >= 4 is 11.8 Å². The Kier molecular flexibility index (Phi) is 4.13. The van der Waals surface area contributed by atoms with Gasteiger partial charge in [-0.15, -0.1) is 0 Å². The smallest absolute Gasteiger partial charge is 0.410 e. The van der Waals surface area contributed by atoms with Gasteiger partial charge in [-0.05, 0) is 32.9 Å². The number of hydrogen-bond donors (Lipinski definition) is 0. The van der Waals surface area contributed by atoms with Crippen molar-refractivity contribution < 1.29 is 14.3 Å². The summed E-state index contributed by atoms with van der Waals surface area (Å²) in [5.74, 6) is 1.93. The van der Waals surface area contributed by atoms with Crippen molar-refractivity contribution in [3.8, 4) is 5.75 Å². The third kappa shape index (κ3) is 3.38. The summed E-state index contributed by atoms with van der Waals surface area (Å²) in [5.41, 5.74) is 0.714. The topological polar surface area (TPSA) is 42.0 Å². The summed E-state index contributed by atoms with van der Waals surface area (Å²) in [6.07, 6.45) is -0.184. The molecule has 0 spiro atoms. The number of carbonyl (C=O) groups is 1. The number of anilines is 1. The van der Waals surface area contributed by atoms with Crippen LogP contribution in [0.25, 0.3) is 0 Å². The molecule has 1 aromatic rings. The lowest BCUT2D eigenvalue weighted by atomic mass is 10.0. The van der Waals surface area contributed by atoms with E-state index in [0.29, 0.717) is 11.8 Å². The molecule has 2 heterocycles. The number of amides is 1. The first-order valence-corrected chi connectivity index (χ1v) is 8.23. The minimum Gasteiger partial charge on any atom is -0.495 e. The van der Waals surface area contributed by atoms with E-state index in [1.54, 1.807) is 7.11 Å². The monoisotopic (exact) mass is 318 g/mol. The highest BCUT2D eigenvalue weighted by Gasteiger charge is 2.43. The molecule has 5 heteroatoms. The molecule has 0 saturated carbocycles. The van der Waals surface area contributed by atoms with Crippen molar-refractivity contribution in [1.29, 1.82) is 0 Å². The number of benzene rings is 1. The zero-order valence-electron chi connectivity index (χ0n) is 14.4. The minimum atomic E-state index is -0.432. The molecule has 0 N–H and O–H groups in total. The number of rotatable bonds is 2. The molecule has 1 amide bonds. The lowest BCUT2D eigenvalue weighted by Crippen LogP contribution is -2.37. The fourth-order valence-electron chi connectivity index (χ4n) is 3.56. The van der Waals surface area contributed by atoms with Gasteiger partial charge in [-0.1, -0.05) is 12.1 Å². The van der Waals surface area contributed by atoms with Crippen molar-refractivity contribution in [1.82, 2.24) is 4.90 Å². The van der Waals surface area contributed by atoms with Gasteiger partial charge in [0.15, 0.2) is 0 Å². The second-order valence-corrected chi connectivity index (χ2v) is 7.48. The molecule has 2 unspecified atom stereocenters. The van der Waals surface area contributed by atoms with E-state index in [0.717, 1.165) is 37.6 Å².